The van der Waals surface area contributed by atoms with E-state index in [4.69, 9.17) is 0 Å². The van der Waals surface area contributed by atoms with Crippen LogP contribution in [0.5, 0.6) is 0 Å². The zero-order chi connectivity index (χ0) is 15.2. The molecule has 112 valence electrons. The normalized spacial score (nSPS) is 11.2. The van der Waals surface area contributed by atoms with Crippen LogP contribution >= 0.6 is 0 Å². The Hall–Kier alpha value is -1.55. The maximum absolute atomic E-state index is 11.4. The van der Waals surface area contributed by atoms with Gasteiger partial charge in [0.05, 0.1) is 0 Å². The van der Waals surface area contributed by atoms with Crippen molar-refractivity contribution >= 4 is 17.3 Å². The number of amides is 1. The van der Waals surface area contributed by atoms with Gasteiger partial charge in [-0.25, -0.2) is 0 Å². The van der Waals surface area contributed by atoms with Crippen molar-refractivity contribution < 1.29 is 4.79 Å². The summed E-state index contributed by atoms with van der Waals surface area (Å²) < 4.78 is 0. The van der Waals surface area contributed by atoms with E-state index >= 15 is 0 Å². The second-order valence-electron chi connectivity index (χ2n) is 6.03. The fourth-order valence-corrected chi connectivity index (χ4v) is 1.77. The Morgan fingerprint density at radius 1 is 1.20 bits per heavy atom. The molecule has 0 heterocycles. The fourth-order valence-electron chi connectivity index (χ4n) is 1.77. The molecule has 4 heteroatoms. The number of hydrogen-bond acceptors (Lipinski definition) is 3. The number of anilines is 2. The lowest BCUT2D eigenvalue weighted by Gasteiger charge is -2.21. The summed E-state index contributed by atoms with van der Waals surface area (Å²) in [6.07, 6.45) is 0.492. The van der Waals surface area contributed by atoms with Gasteiger partial charge in [-0.15, -0.1) is 0 Å². The van der Waals surface area contributed by atoms with Crippen LogP contribution in [0.4, 0.5) is 11.4 Å². The van der Waals surface area contributed by atoms with Crippen molar-refractivity contribution in [2.45, 2.75) is 46.6 Å². The van der Waals surface area contributed by atoms with Crippen molar-refractivity contribution in [3.05, 3.63) is 23.8 Å². The highest BCUT2D eigenvalue weighted by molar-refractivity contribution is 5.91. The summed E-state index contributed by atoms with van der Waals surface area (Å²) in [6.45, 7) is 12.1. The third kappa shape index (κ3) is 6.06. The van der Waals surface area contributed by atoms with E-state index in [2.05, 4.69) is 43.6 Å². The zero-order valence-electron chi connectivity index (χ0n) is 13.3. The Morgan fingerprint density at radius 2 is 1.90 bits per heavy atom. The van der Waals surface area contributed by atoms with Gasteiger partial charge < -0.3 is 16.0 Å². The number of hydrogen-bond donors (Lipinski definition) is 3. The molecule has 0 unspecified atom stereocenters. The van der Waals surface area contributed by atoms with E-state index in [1.165, 1.54) is 5.56 Å². The molecule has 1 rings (SSSR count). The summed E-state index contributed by atoms with van der Waals surface area (Å²) in [5, 5.41) is 9.72. The first-order chi connectivity index (χ1) is 9.31. The topological polar surface area (TPSA) is 53.2 Å². The van der Waals surface area contributed by atoms with Crippen molar-refractivity contribution in [3.8, 4) is 0 Å². The average Bonchev–Trinajstić information content (AvgIpc) is 2.36. The van der Waals surface area contributed by atoms with E-state index in [-0.39, 0.29) is 11.4 Å². The SMILES string of the molecule is CCC(=O)Nc1ccc(C)c(NCCNC(C)(C)C)c1. The van der Waals surface area contributed by atoms with Crippen LogP contribution in [0.15, 0.2) is 18.2 Å². The van der Waals surface area contributed by atoms with Gasteiger partial charge in [0.2, 0.25) is 5.91 Å². The third-order valence-corrected chi connectivity index (χ3v) is 2.94. The predicted molar refractivity (Wildman–Crippen MR) is 86.3 cm³/mol. The monoisotopic (exact) mass is 277 g/mol. The first-order valence-electron chi connectivity index (χ1n) is 7.21. The molecule has 1 aromatic rings. The first-order valence-corrected chi connectivity index (χ1v) is 7.21. The summed E-state index contributed by atoms with van der Waals surface area (Å²) in [4.78, 5) is 11.4. The third-order valence-electron chi connectivity index (χ3n) is 2.94. The second kappa shape index (κ2) is 7.29. The van der Waals surface area contributed by atoms with Crippen molar-refractivity contribution in [2.24, 2.45) is 0 Å². The van der Waals surface area contributed by atoms with E-state index in [0.717, 1.165) is 24.5 Å². The van der Waals surface area contributed by atoms with Gasteiger partial charge in [0.1, 0.15) is 0 Å². The lowest BCUT2D eigenvalue weighted by molar-refractivity contribution is -0.115. The number of rotatable bonds is 6. The summed E-state index contributed by atoms with van der Waals surface area (Å²) >= 11 is 0. The molecular weight excluding hydrogens is 250 g/mol. The molecule has 1 amide bonds. The van der Waals surface area contributed by atoms with Crippen molar-refractivity contribution in [2.75, 3.05) is 23.7 Å². The molecule has 0 aromatic heterocycles. The van der Waals surface area contributed by atoms with Crippen molar-refractivity contribution in [3.63, 3.8) is 0 Å². The minimum absolute atomic E-state index is 0.0363. The van der Waals surface area contributed by atoms with Crippen LogP contribution in [0.2, 0.25) is 0 Å². The Morgan fingerprint density at radius 3 is 2.50 bits per heavy atom. The lowest BCUT2D eigenvalue weighted by atomic mass is 10.1. The molecule has 0 bridgehead atoms. The van der Waals surface area contributed by atoms with E-state index in [1.807, 2.05) is 25.1 Å². The van der Waals surface area contributed by atoms with E-state index < -0.39 is 0 Å². The van der Waals surface area contributed by atoms with Crippen molar-refractivity contribution in [1.29, 1.82) is 0 Å². The number of benzene rings is 1. The van der Waals surface area contributed by atoms with Gasteiger partial charge in [-0.1, -0.05) is 13.0 Å². The molecule has 0 aliphatic rings. The molecule has 0 atom stereocenters. The highest BCUT2D eigenvalue weighted by Crippen LogP contribution is 2.20. The molecular formula is C16H27N3O. The van der Waals surface area contributed by atoms with Crippen LogP contribution in [-0.2, 0) is 4.79 Å². The fraction of sp³-hybridized carbons (Fsp3) is 0.562. The zero-order valence-corrected chi connectivity index (χ0v) is 13.3. The van der Waals surface area contributed by atoms with Crippen LogP contribution in [0.1, 0.15) is 39.7 Å². The molecule has 20 heavy (non-hydrogen) atoms. The molecule has 0 saturated carbocycles. The maximum Gasteiger partial charge on any atom is 0.224 e. The largest absolute Gasteiger partial charge is 0.383 e. The minimum Gasteiger partial charge on any atom is -0.383 e. The van der Waals surface area contributed by atoms with Gasteiger partial charge in [0.25, 0.3) is 0 Å². The maximum atomic E-state index is 11.4. The molecule has 1 aromatic carbocycles. The highest BCUT2D eigenvalue weighted by atomic mass is 16.1. The van der Waals surface area contributed by atoms with Crippen LogP contribution in [-0.4, -0.2) is 24.5 Å². The second-order valence-corrected chi connectivity index (χ2v) is 6.03. The molecule has 0 saturated heterocycles. The minimum atomic E-state index is 0.0363. The molecule has 0 radical (unpaired) electrons. The quantitative estimate of drug-likeness (QED) is 0.700. The number of carbonyl (C=O) groups is 1. The lowest BCUT2D eigenvalue weighted by Crippen LogP contribution is -2.38. The van der Waals surface area contributed by atoms with Gasteiger partial charge >= 0.3 is 0 Å². The van der Waals surface area contributed by atoms with E-state index in [0.29, 0.717) is 6.42 Å². The molecule has 0 aliphatic carbocycles. The van der Waals surface area contributed by atoms with E-state index in [9.17, 15) is 4.79 Å². The average molecular weight is 277 g/mol. The van der Waals surface area contributed by atoms with Gasteiger partial charge in [0, 0.05) is 36.4 Å². The van der Waals surface area contributed by atoms with Gasteiger partial charge in [-0.3, -0.25) is 4.79 Å². The van der Waals surface area contributed by atoms with E-state index in [1.54, 1.807) is 0 Å². The molecule has 0 spiro atoms. The molecule has 0 fully saturated rings. The van der Waals surface area contributed by atoms with Crippen LogP contribution in [0.25, 0.3) is 0 Å². The predicted octanol–water partition coefficient (Wildman–Crippen LogP) is 3.14. The Balaban J connectivity index is 2.56. The number of nitrogens with one attached hydrogen (secondary N) is 3. The summed E-state index contributed by atoms with van der Waals surface area (Å²) in [7, 11) is 0. The molecule has 3 N–H and O–H groups in total. The van der Waals surface area contributed by atoms with Crippen LogP contribution in [0.3, 0.4) is 0 Å². The van der Waals surface area contributed by atoms with Crippen LogP contribution < -0.4 is 16.0 Å². The van der Waals surface area contributed by atoms with Gasteiger partial charge in [0.15, 0.2) is 0 Å². The smallest absolute Gasteiger partial charge is 0.224 e. The summed E-state index contributed by atoms with van der Waals surface area (Å²) in [5.41, 5.74) is 3.21. The first kappa shape index (κ1) is 16.5. The standard InChI is InChI=1S/C16H27N3O/c1-6-15(20)19-13-8-7-12(2)14(11-13)17-9-10-18-16(3,4)5/h7-8,11,17-18H,6,9-10H2,1-5H3,(H,19,20). The highest BCUT2D eigenvalue weighted by Gasteiger charge is 2.07. The Labute approximate surface area is 122 Å². The van der Waals surface area contributed by atoms with Gasteiger partial charge in [-0.05, 0) is 45.4 Å². The number of aryl methyl sites for hydroxylation is 1. The Kier molecular flexibility index (Phi) is 6.02. The summed E-state index contributed by atoms with van der Waals surface area (Å²) in [5.74, 6) is 0.0363. The Bertz CT molecular complexity index is 450. The van der Waals surface area contributed by atoms with Crippen LogP contribution in [0, 0.1) is 6.92 Å². The summed E-state index contributed by atoms with van der Waals surface area (Å²) in [6, 6.07) is 5.94. The molecule has 0 aliphatic heterocycles. The van der Waals surface area contributed by atoms with Crippen molar-refractivity contribution in [1.82, 2.24) is 5.32 Å². The molecule has 4 nitrogen and oxygen atoms in total. The van der Waals surface area contributed by atoms with Gasteiger partial charge in [-0.2, -0.15) is 0 Å². The number of carbonyl (C=O) groups excluding carboxylic acids is 1.